The van der Waals surface area contributed by atoms with Crippen LogP contribution >= 0.6 is 0 Å². The molecule has 0 unspecified atom stereocenters. The number of aromatic carboxylic acids is 1. The van der Waals surface area contributed by atoms with Gasteiger partial charge in [-0.2, -0.15) is 8.42 Å². The van der Waals surface area contributed by atoms with E-state index in [0.29, 0.717) is 10.8 Å². The number of carboxylic acid groups (broad SMARTS) is 1. The summed E-state index contributed by atoms with van der Waals surface area (Å²) in [4.78, 5) is 22.4. The minimum absolute atomic E-state index is 0.0750. The first kappa shape index (κ1) is 14.0. The van der Waals surface area contributed by atoms with Crippen LogP contribution in [0.15, 0.2) is 36.4 Å². The van der Waals surface area contributed by atoms with Gasteiger partial charge in [-0.15, -0.1) is 0 Å². The van der Waals surface area contributed by atoms with Crippen LogP contribution in [0.4, 0.5) is 0 Å². The molecule has 0 aliphatic carbocycles. The van der Waals surface area contributed by atoms with E-state index in [0.717, 1.165) is 6.26 Å². The Morgan fingerprint density at radius 3 is 2.00 bits per heavy atom. The Labute approximate surface area is 114 Å². The minimum atomic E-state index is -3.87. The van der Waals surface area contributed by atoms with E-state index in [1.807, 2.05) is 0 Å². The molecule has 0 heterocycles. The lowest BCUT2D eigenvalue weighted by molar-refractivity contribution is 0.0694. The van der Waals surface area contributed by atoms with Crippen LogP contribution in [0.3, 0.4) is 0 Å². The van der Waals surface area contributed by atoms with Gasteiger partial charge in [-0.25, -0.2) is 9.59 Å². The van der Waals surface area contributed by atoms with E-state index >= 15 is 0 Å². The van der Waals surface area contributed by atoms with Crippen LogP contribution in [0.2, 0.25) is 0 Å². The molecule has 2 aromatic carbocycles. The minimum Gasteiger partial charge on any atom is -0.478 e. The van der Waals surface area contributed by atoms with Gasteiger partial charge in [0, 0.05) is 0 Å². The molecule has 0 saturated heterocycles. The van der Waals surface area contributed by atoms with Gasteiger partial charge in [-0.05, 0) is 35.0 Å². The first-order valence-electron chi connectivity index (χ1n) is 5.47. The molecule has 2 rings (SSSR count). The smallest absolute Gasteiger partial charge is 0.353 e. The number of hydrogen-bond donors (Lipinski definition) is 1. The Bertz CT molecular complexity index is 807. The summed E-state index contributed by atoms with van der Waals surface area (Å²) in [7, 11) is -3.87. The van der Waals surface area contributed by atoms with Crippen molar-refractivity contribution >= 4 is 32.8 Å². The molecule has 0 aliphatic rings. The fourth-order valence-electron chi connectivity index (χ4n) is 1.69. The number of rotatable bonds is 3. The second-order valence-electron chi connectivity index (χ2n) is 4.16. The standard InChI is InChI=1S/C13H10O6S/c1-20(17,18)19-13(16)11-5-3-8-6-10(12(14)15)4-2-9(8)7-11/h2-7H,1H3,(H,14,15). The SMILES string of the molecule is CS(=O)(=O)OC(=O)c1ccc2cc(C(=O)O)ccc2c1. The van der Waals surface area contributed by atoms with E-state index in [4.69, 9.17) is 5.11 Å². The highest BCUT2D eigenvalue weighted by molar-refractivity contribution is 7.86. The summed E-state index contributed by atoms with van der Waals surface area (Å²) in [6, 6.07) is 8.74. The van der Waals surface area contributed by atoms with Crippen LogP contribution in [0.5, 0.6) is 0 Å². The number of carboxylic acids is 1. The zero-order valence-corrected chi connectivity index (χ0v) is 11.2. The third-order valence-electron chi connectivity index (χ3n) is 2.55. The fourth-order valence-corrected chi connectivity index (χ4v) is 2.06. The first-order chi connectivity index (χ1) is 9.26. The van der Waals surface area contributed by atoms with Crippen LogP contribution in [0.25, 0.3) is 10.8 Å². The summed E-state index contributed by atoms with van der Waals surface area (Å²) in [5, 5.41) is 10.1. The molecule has 0 fully saturated rings. The van der Waals surface area contributed by atoms with Crippen molar-refractivity contribution in [1.82, 2.24) is 0 Å². The second kappa shape index (κ2) is 4.93. The topological polar surface area (TPSA) is 97.7 Å². The molecule has 0 aliphatic heterocycles. The maximum atomic E-state index is 11.6. The Morgan fingerprint density at radius 1 is 1.00 bits per heavy atom. The van der Waals surface area contributed by atoms with Crippen molar-refractivity contribution in [3.05, 3.63) is 47.5 Å². The van der Waals surface area contributed by atoms with Gasteiger partial charge >= 0.3 is 22.1 Å². The van der Waals surface area contributed by atoms with Gasteiger partial charge in [0.25, 0.3) is 0 Å². The molecule has 0 atom stereocenters. The molecule has 0 spiro atoms. The van der Waals surface area contributed by atoms with Crippen molar-refractivity contribution < 1.29 is 27.3 Å². The lowest BCUT2D eigenvalue weighted by Gasteiger charge is -2.04. The largest absolute Gasteiger partial charge is 0.478 e. The van der Waals surface area contributed by atoms with E-state index in [9.17, 15) is 18.0 Å². The maximum absolute atomic E-state index is 11.6. The molecule has 0 aromatic heterocycles. The van der Waals surface area contributed by atoms with E-state index in [1.54, 1.807) is 0 Å². The predicted octanol–water partition coefficient (Wildman–Crippen LogP) is 1.65. The fraction of sp³-hybridized carbons (Fsp3) is 0.0769. The molecule has 0 saturated carbocycles. The summed E-state index contributed by atoms with van der Waals surface area (Å²) in [6.07, 6.45) is 0.783. The molecule has 0 amide bonds. The predicted molar refractivity (Wildman–Crippen MR) is 71.2 cm³/mol. The number of benzene rings is 2. The molecule has 7 heteroatoms. The lowest BCUT2D eigenvalue weighted by atomic mass is 10.0. The van der Waals surface area contributed by atoms with Gasteiger partial charge in [0.2, 0.25) is 0 Å². The average Bonchev–Trinajstić information content (AvgIpc) is 2.35. The third kappa shape index (κ3) is 3.12. The van der Waals surface area contributed by atoms with Crippen molar-refractivity contribution in [2.24, 2.45) is 0 Å². The van der Waals surface area contributed by atoms with Gasteiger partial charge in [-0.1, -0.05) is 12.1 Å². The van der Waals surface area contributed by atoms with Gasteiger partial charge in [0.1, 0.15) is 0 Å². The number of carbonyl (C=O) groups is 2. The van der Waals surface area contributed by atoms with Crippen molar-refractivity contribution in [3.63, 3.8) is 0 Å². The normalized spacial score (nSPS) is 11.2. The van der Waals surface area contributed by atoms with Gasteiger partial charge < -0.3 is 9.29 Å². The Morgan fingerprint density at radius 2 is 1.50 bits per heavy atom. The van der Waals surface area contributed by atoms with Crippen molar-refractivity contribution in [1.29, 1.82) is 0 Å². The molecule has 20 heavy (non-hydrogen) atoms. The highest BCUT2D eigenvalue weighted by Gasteiger charge is 2.14. The Kier molecular flexibility index (Phi) is 3.46. The molecule has 2 aromatic rings. The number of hydrogen-bond acceptors (Lipinski definition) is 5. The zero-order valence-electron chi connectivity index (χ0n) is 10.4. The van der Waals surface area contributed by atoms with Gasteiger partial charge in [0.15, 0.2) is 0 Å². The molecule has 1 N–H and O–H groups in total. The molecule has 6 nitrogen and oxygen atoms in total. The van der Waals surface area contributed by atoms with Crippen molar-refractivity contribution in [3.8, 4) is 0 Å². The van der Waals surface area contributed by atoms with Crippen LogP contribution < -0.4 is 0 Å². The van der Waals surface area contributed by atoms with Crippen LogP contribution in [-0.2, 0) is 14.3 Å². The zero-order chi connectivity index (χ0) is 14.9. The molecule has 0 radical (unpaired) electrons. The highest BCUT2D eigenvalue weighted by atomic mass is 32.2. The first-order valence-corrected chi connectivity index (χ1v) is 7.29. The Hall–Kier alpha value is -2.41. The average molecular weight is 294 g/mol. The summed E-state index contributed by atoms with van der Waals surface area (Å²) in [6.45, 7) is 0. The van der Waals surface area contributed by atoms with Crippen molar-refractivity contribution in [2.75, 3.05) is 6.26 Å². The molecule has 0 bridgehead atoms. The summed E-state index contributed by atoms with van der Waals surface area (Å²) in [5.41, 5.74) is 0.204. The monoisotopic (exact) mass is 294 g/mol. The van der Waals surface area contributed by atoms with Crippen LogP contribution in [-0.4, -0.2) is 31.7 Å². The van der Waals surface area contributed by atoms with E-state index in [2.05, 4.69) is 4.18 Å². The van der Waals surface area contributed by atoms with Gasteiger partial charge in [-0.3, -0.25) is 0 Å². The van der Waals surface area contributed by atoms with E-state index < -0.39 is 22.1 Å². The molecule has 104 valence electrons. The third-order valence-corrected chi connectivity index (χ3v) is 3.00. The number of carbonyl (C=O) groups excluding carboxylic acids is 1. The van der Waals surface area contributed by atoms with Crippen LogP contribution in [0.1, 0.15) is 20.7 Å². The summed E-state index contributed by atoms with van der Waals surface area (Å²) < 4.78 is 26.1. The Balaban J connectivity index is 2.42. The summed E-state index contributed by atoms with van der Waals surface area (Å²) in [5.74, 6) is -2.02. The summed E-state index contributed by atoms with van der Waals surface area (Å²) >= 11 is 0. The van der Waals surface area contributed by atoms with E-state index in [-0.39, 0.29) is 11.1 Å². The van der Waals surface area contributed by atoms with E-state index in [1.165, 1.54) is 36.4 Å². The second-order valence-corrected chi connectivity index (χ2v) is 5.73. The quantitative estimate of drug-likeness (QED) is 0.864. The molecular formula is C13H10O6S. The molecular weight excluding hydrogens is 284 g/mol. The van der Waals surface area contributed by atoms with Gasteiger partial charge in [0.05, 0.1) is 17.4 Å². The van der Waals surface area contributed by atoms with Crippen molar-refractivity contribution in [2.45, 2.75) is 0 Å². The maximum Gasteiger partial charge on any atom is 0.353 e. The number of fused-ring (bicyclic) bond motifs is 1. The highest BCUT2D eigenvalue weighted by Crippen LogP contribution is 2.19. The lowest BCUT2D eigenvalue weighted by Crippen LogP contribution is -2.11. The van der Waals surface area contributed by atoms with Crippen LogP contribution in [0, 0.1) is 0 Å².